The first kappa shape index (κ1) is 6.21. The standard InChI is InChI=1S/C6H9N5/c1-2-5-9-6-4(7)3-8-11(6)10-5/h3H,2,7H2,1H3,(H,9,10). The maximum Gasteiger partial charge on any atom is 0.198 e. The third kappa shape index (κ3) is 0.772. The molecule has 0 radical (unpaired) electrons. The summed E-state index contributed by atoms with van der Waals surface area (Å²) in [5, 5.41) is 6.94. The molecular formula is C6H9N5. The number of hydrogen-bond donors (Lipinski definition) is 2. The summed E-state index contributed by atoms with van der Waals surface area (Å²) in [7, 11) is 0. The molecule has 0 spiro atoms. The summed E-state index contributed by atoms with van der Waals surface area (Å²) in [6.45, 7) is 2.02. The molecule has 0 bridgehead atoms. The minimum absolute atomic E-state index is 0.612. The number of anilines is 1. The topological polar surface area (TPSA) is 72.0 Å². The summed E-state index contributed by atoms with van der Waals surface area (Å²) >= 11 is 0. The van der Waals surface area contributed by atoms with E-state index in [1.807, 2.05) is 6.92 Å². The maximum absolute atomic E-state index is 5.58. The molecule has 0 aromatic carbocycles. The zero-order valence-electron chi connectivity index (χ0n) is 6.20. The van der Waals surface area contributed by atoms with Crippen LogP contribution in [0.15, 0.2) is 6.20 Å². The number of fused-ring (bicyclic) bond motifs is 1. The van der Waals surface area contributed by atoms with Crippen LogP contribution in [-0.4, -0.2) is 19.8 Å². The Morgan fingerprint density at radius 1 is 1.73 bits per heavy atom. The summed E-state index contributed by atoms with van der Waals surface area (Å²) in [6, 6.07) is 0. The van der Waals surface area contributed by atoms with E-state index in [2.05, 4.69) is 15.2 Å². The van der Waals surface area contributed by atoms with E-state index in [4.69, 9.17) is 5.73 Å². The molecule has 0 saturated carbocycles. The van der Waals surface area contributed by atoms with Gasteiger partial charge in [0, 0.05) is 6.42 Å². The van der Waals surface area contributed by atoms with Crippen LogP contribution in [0.1, 0.15) is 12.7 Å². The van der Waals surface area contributed by atoms with Gasteiger partial charge in [-0.25, -0.2) is 4.98 Å². The lowest BCUT2D eigenvalue weighted by molar-refractivity contribution is 0.789. The highest BCUT2D eigenvalue weighted by atomic mass is 15.5. The number of hydrogen-bond acceptors (Lipinski definition) is 3. The van der Waals surface area contributed by atoms with Crippen LogP contribution in [0.5, 0.6) is 0 Å². The Bertz CT molecular complexity index is 371. The second-order valence-electron chi connectivity index (χ2n) is 2.36. The van der Waals surface area contributed by atoms with Gasteiger partial charge in [0.15, 0.2) is 5.65 Å². The zero-order valence-corrected chi connectivity index (χ0v) is 6.20. The molecule has 2 aromatic heterocycles. The Morgan fingerprint density at radius 3 is 3.18 bits per heavy atom. The number of aryl methyl sites for hydroxylation is 1. The highest BCUT2D eigenvalue weighted by Crippen LogP contribution is 2.08. The molecule has 58 valence electrons. The first-order chi connectivity index (χ1) is 5.31. The maximum atomic E-state index is 5.58. The highest BCUT2D eigenvalue weighted by molar-refractivity contribution is 5.62. The fourth-order valence-corrected chi connectivity index (χ4v) is 0.982. The van der Waals surface area contributed by atoms with E-state index in [1.165, 1.54) is 0 Å². The van der Waals surface area contributed by atoms with Gasteiger partial charge < -0.3 is 5.73 Å². The Labute approximate surface area is 63.2 Å². The van der Waals surface area contributed by atoms with Crippen molar-refractivity contribution in [3.63, 3.8) is 0 Å². The molecule has 5 heteroatoms. The smallest absolute Gasteiger partial charge is 0.198 e. The van der Waals surface area contributed by atoms with Gasteiger partial charge in [0.1, 0.15) is 5.82 Å². The monoisotopic (exact) mass is 151 g/mol. The van der Waals surface area contributed by atoms with Gasteiger partial charge in [0.25, 0.3) is 0 Å². The second kappa shape index (κ2) is 1.98. The van der Waals surface area contributed by atoms with Crippen molar-refractivity contribution < 1.29 is 0 Å². The fraction of sp³-hybridized carbons (Fsp3) is 0.333. The molecule has 11 heavy (non-hydrogen) atoms. The Kier molecular flexibility index (Phi) is 1.12. The van der Waals surface area contributed by atoms with Crippen LogP contribution < -0.4 is 5.73 Å². The number of nitrogens with zero attached hydrogens (tertiary/aromatic N) is 3. The van der Waals surface area contributed by atoms with Gasteiger partial charge >= 0.3 is 0 Å². The molecule has 2 heterocycles. The van der Waals surface area contributed by atoms with E-state index in [0.717, 1.165) is 12.2 Å². The van der Waals surface area contributed by atoms with Crippen LogP contribution in [0.25, 0.3) is 5.65 Å². The molecule has 0 unspecified atom stereocenters. The number of nitrogens with one attached hydrogen (secondary N) is 1. The Balaban J connectivity index is 2.70. The average molecular weight is 151 g/mol. The van der Waals surface area contributed by atoms with Gasteiger partial charge in [-0.05, 0) is 0 Å². The lowest BCUT2D eigenvalue weighted by Gasteiger charge is -1.81. The summed E-state index contributed by atoms with van der Waals surface area (Å²) in [6.07, 6.45) is 2.45. The SMILES string of the molecule is CCc1nc2c(N)cnn2[nH]1. The molecule has 0 aliphatic carbocycles. The first-order valence-electron chi connectivity index (χ1n) is 3.49. The van der Waals surface area contributed by atoms with E-state index < -0.39 is 0 Å². The largest absolute Gasteiger partial charge is 0.394 e. The summed E-state index contributed by atoms with van der Waals surface area (Å²) in [4.78, 5) is 4.21. The zero-order chi connectivity index (χ0) is 7.84. The molecular weight excluding hydrogens is 142 g/mol. The molecule has 0 atom stereocenters. The molecule has 0 saturated heterocycles. The van der Waals surface area contributed by atoms with Crippen molar-refractivity contribution in [2.75, 3.05) is 5.73 Å². The van der Waals surface area contributed by atoms with Crippen LogP contribution in [-0.2, 0) is 6.42 Å². The van der Waals surface area contributed by atoms with Gasteiger partial charge in [0.2, 0.25) is 0 Å². The molecule has 5 nitrogen and oxygen atoms in total. The van der Waals surface area contributed by atoms with Crippen molar-refractivity contribution >= 4 is 11.3 Å². The minimum atomic E-state index is 0.612. The van der Waals surface area contributed by atoms with Crippen molar-refractivity contribution in [2.24, 2.45) is 0 Å². The molecule has 0 fully saturated rings. The van der Waals surface area contributed by atoms with E-state index in [0.29, 0.717) is 11.3 Å². The van der Waals surface area contributed by atoms with Gasteiger partial charge in [-0.3, -0.25) is 5.10 Å². The van der Waals surface area contributed by atoms with Crippen LogP contribution in [0, 0.1) is 0 Å². The van der Waals surface area contributed by atoms with E-state index >= 15 is 0 Å². The normalized spacial score (nSPS) is 11.0. The summed E-state index contributed by atoms with van der Waals surface area (Å²) < 4.78 is 1.58. The molecule has 0 aliphatic rings. The van der Waals surface area contributed by atoms with Crippen molar-refractivity contribution in [2.45, 2.75) is 13.3 Å². The molecule has 0 aliphatic heterocycles. The summed E-state index contributed by atoms with van der Waals surface area (Å²) in [5.74, 6) is 0.903. The van der Waals surface area contributed by atoms with Crippen LogP contribution in [0.3, 0.4) is 0 Å². The van der Waals surface area contributed by atoms with Gasteiger partial charge in [-0.15, -0.1) is 0 Å². The number of aromatic nitrogens is 4. The Morgan fingerprint density at radius 2 is 2.55 bits per heavy atom. The third-order valence-corrected chi connectivity index (χ3v) is 1.58. The van der Waals surface area contributed by atoms with E-state index in [-0.39, 0.29) is 0 Å². The summed E-state index contributed by atoms with van der Waals surface area (Å²) in [5.41, 5.74) is 6.90. The van der Waals surface area contributed by atoms with Crippen molar-refractivity contribution in [3.05, 3.63) is 12.0 Å². The fourth-order valence-electron chi connectivity index (χ4n) is 0.982. The molecule has 2 rings (SSSR count). The van der Waals surface area contributed by atoms with Gasteiger partial charge in [0.05, 0.1) is 11.9 Å². The second-order valence-corrected chi connectivity index (χ2v) is 2.36. The number of nitrogens with two attached hydrogens (primary N) is 1. The minimum Gasteiger partial charge on any atom is -0.394 e. The third-order valence-electron chi connectivity index (χ3n) is 1.58. The predicted octanol–water partition coefficient (Wildman–Crippen LogP) is 0.202. The van der Waals surface area contributed by atoms with Gasteiger partial charge in [-0.2, -0.15) is 9.73 Å². The van der Waals surface area contributed by atoms with Crippen LogP contribution in [0.4, 0.5) is 5.69 Å². The molecule has 0 amide bonds. The number of rotatable bonds is 1. The number of nitrogen functional groups attached to an aromatic ring is 1. The number of aromatic amines is 1. The van der Waals surface area contributed by atoms with Crippen LogP contribution in [0.2, 0.25) is 0 Å². The quantitative estimate of drug-likeness (QED) is 0.611. The molecule has 2 aromatic rings. The van der Waals surface area contributed by atoms with Crippen molar-refractivity contribution in [1.29, 1.82) is 0 Å². The van der Waals surface area contributed by atoms with Crippen molar-refractivity contribution in [1.82, 2.24) is 19.8 Å². The van der Waals surface area contributed by atoms with E-state index in [9.17, 15) is 0 Å². The molecule has 3 N–H and O–H groups in total. The lowest BCUT2D eigenvalue weighted by Crippen LogP contribution is -1.87. The average Bonchev–Trinajstić information content (AvgIpc) is 2.53. The van der Waals surface area contributed by atoms with Crippen LogP contribution >= 0.6 is 0 Å². The first-order valence-corrected chi connectivity index (χ1v) is 3.49. The highest BCUT2D eigenvalue weighted by Gasteiger charge is 2.04. The van der Waals surface area contributed by atoms with Crippen molar-refractivity contribution in [3.8, 4) is 0 Å². The lowest BCUT2D eigenvalue weighted by atomic mass is 10.5. The van der Waals surface area contributed by atoms with E-state index in [1.54, 1.807) is 10.8 Å². The predicted molar refractivity (Wildman–Crippen MR) is 41.1 cm³/mol. The number of H-pyrrole nitrogens is 1. The van der Waals surface area contributed by atoms with Gasteiger partial charge in [-0.1, -0.05) is 6.92 Å². The Hall–Kier alpha value is -1.52.